The smallest absolute Gasteiger partial charge is 0.120 e. The number of hydrogen-bond donors (Lipinski definition) is 1. The second kappa shape index (κ2) is 6.46. The molecule has 2 unspecified atom stereocenters. The monoisotopic (exact) mass is 338 g/mol. The Hall–Kier alpha value is -0.580. The number of likely N-dealkylation sites (N-methyl/N-ethyl adjacent to an activating group) is 1. The summed E-state index contributed by atoms with van der Waals surface area (Å²) >= 11 is 3.47. The van der Waals surface area contributed by atoms with Crippen LogP contribution < -0.4 is 10.1 Å². The van der Waals surface area contributed by atoms with Crippen LogP contribution >= 0.6 is 15.9 Å². The van der Waals surface area contributed by atoms with Crippen molar-refractivity contribution in [1.82, 2.24) is 10.2 Å². The van der Waals surface area contributed by atoms with Crippen molar-refractivity contribution < 1.29 is 4.74 Å². The lowest BCUT2D eigenvalue weighted by atomic mass is 9.99. The molecule has 1 aromatic carbocycles. The van der Waals surface area contributed by atoms with Crippen LogP contribution in [-0.2, 0) is 0 Å². The third-order valence-corrected chi connectivity index (χ3v) is 5.07. The quantitative estimate of drug-likeness (QED) is 0.892. The molecule has 0 spiro atoms. The predicted octanol–water partition coefficient (Wildman–Crippen LogP) is 3.04. The minimum absolute atomic E-state index is 0.722. The highest BCUT2D eigenvalue weighted by Crippen LogP contribution is 2.29. The lowest BCUT2D eigenvalue weighted by Crippen LogP contribution is -2.47. The van der Waals surface area contributed by atoms with Crippen molar-refractivity contribution in [3.63, 3.8) is 0 Å². The summed E-state index contributed by atoms with van der Waals surface area (Å²) in [5, 5.41) is 3.70. The second-order valence-corrected chi connectivity index (χ2v) is 6.97. The van der Waals surface area contributed by atoms with E-state index in [2.05, 4.69) is 33.2 Å². The molecule has 0 amide bonds. The highest BCUT2D eigenvalue weighted by Gasteiger charge is 2.34. The number of benzene rings is 1. The van der Waals surface area contributed by atoms with E-state index >= 15 is 0 Å². The van der Waals surface area contributed by atoms with Crippen molar-refractivity contribution in [3.8, 4) is 5.75 Å². The summed E-state index contributed by atoms with van der Waals surface area (Å²) in [4.78, 5) is 2.48. The summed E-state index contributed by atoms with van der Waals surface area (Å²) in [6.45, 7) is 1.75. The first-order valence-electron chi connectivity index (χ1n) is 7.55. The Labute approximate surface area is 129 Å². The fourth-order valence-corrected chi connectivity index (χ4v) is 3.81. The maximum absolute atomic E-state index is 5.83. The topological polar surface area (TPSA) is 24.5 Å². The van der Waals surface area contributed by atoms with Crippen molar-refractivity contribution >= 4 is 15.9 Å². The van der Waals surface area contributed by atoms with Crippen LogP contribution in [-0.4, -0.2) is 43.2 Å². The van der Waals surface area contributed by atoms with E-state index in [9.17, 15) is 0 Å². The molecular weight excluding hydrogens is 316 g/mol. The van der Waals surface area contributed by atoms with Crippen molar-refractivity contribution in [2.75, 3.05) is 20.2 Å². The Kier molecular flexibility index (Phi) is 4.64. The molecule has 0 radical (unpaired) electrons. The fourth-order valence-electron chi connectivity index (χ4n) is 3.43. The molecule has 0 aromatic heterocycles. The fraction of sp³-hybridized carbons (Fsp3) is 0.625. The molecule has 0 saturated carbocycles. The van der Waals surface area contributed by atoms with Crippen molar-refractivity contribution in [3.05, 3.63) is 28.7 Å². The van der Waals surface area contributed by atoms with Gasteiger partial charge in [0, 0.05) is 29.1 Å². The first-order chi connectivity index (χ1) is 9.70. The number of nitrogens with one attached hydrogen (secondary N) is 1. The molecule has 0 aliphatic carbocycles. The van der Waals surface area contributed by atoms with Gasteiger partial charge in [-0.15, -0.1) is 0 Å². The van der Waals surface area contributed by atoms with Crippen LogP contribution in [0.3, 0.4) is 0 Å². The number of hydrogen-bond acceptors (Lipinski definition) is 3. The predicted molar refractivity (Wildman–Crippen MR) is 85.2 cm³/mol. The minimum atomic E-state index is 0.722. The average molecular weight is 339 g/mol. The normalized spacial score (nSPS) is 28.9. The van der Waals surface area contributed by atoms with Crippen LogP contribution in [0.25, 0.3) is 0 Å². The number of piperidine rings is 1. The van der Waals surface area contributed by atoms with Gasteiger partial charge in [0.15, 0.2) is 0 Å². The van der Waals surface area contributed by atoms with E-state index in [4.69, 9.17) is 4.74 Å². The zero-order chi connectivity index (χ0) is 13.9. The molecule has 1 aromatic rings. The van der Waals surface area contributed by atoms with Gasteiger partial charge < -0.3 is 10.1 Å². The molecule has 1 N–H and O–H groups in total. The van der Waals surface area contributed by atoms with Crippen molar-refractivity contribution in [1.29, 1.82) is 0 Å². The Morgan fingerprint density at radius 1 is 1.30 bits per heavy atom. The Balaban J connectivity index is 1.44. The van der Waals surface area contributed by atoms with Gasteiger partial charge in [-0.1, -0.05) is 22.0 Å². The van der Waals surface area contributed by atoms with Gasteiger partial charge in [-0.3, -0.25) is 4.90 Å². The summed E-state index contributed by atoms with van der Waals surface area (Å²) in [7, 11) is 2.24. The van der Waals surface area contributed by atoms with E-state index in [-0.39, 0.29) is 0 Å². The molecule has 2 aliphatic rings. The van der Waals surface area contributed by atoms with E-state index in [1.165, 1.54) is 25.7 Å². The molecule has 2 saturated heterocycles. The van der Waals surface area contributed by atoms with Crippen LogP contribution in [0.1, 0.15) is 25.7 Å². The minimum Gasteiger partial charge on any atom is -0.492 e. The number of fused-ring (bicyclic) bond motifs is 2. The molecule has 2 fully saturated rings. The summed E-state index contributed by atoms with van der Waals surface area (Å²) in [6.07, 6.45) is 5.32. The first kappa shape index (κ1) is 14.4. The van der Waals surface area contributed by atoms with Gasteiger partial charge in [0.25, 0.3) is 0 Å². The second-order valence-electron chi connectivity index (χ2n) is 6.05. The maximum atomic E-state index is 5.83. The molecule has 4 heteroatoms. The van der Waals surface area contributed by atoms with Crippen LogP contribution in [0.15, 0.2) is 28.7 Å². The van der Waals surface area contributed by atoms with E-state index in [0.29, 0.717) is 0 Å². The summed E-state index contributed by atoms with van der Waals surface area (Å²) in [6, 6.07) is 10.3. The molecule has 3 nitrogen and oxygen atoms in total. The van der Waals surface area contributed by atoms with E-state index in [1.807, 2.05) is 24.3 Å². The molecule has 3 rings (SSSR count). The van der Waals surface area contributed by atoms with Crippen LogP contribution in [0.5, 0.6) is 5.75 Å². The molecule has 2 aliphatic heterocycles. The number of halogens is 1. The zero-order valence-electron chi connectivity index (χ0n) is 12.0. The number of rotatable bonds is 5. The molecule has 20 heavy (non-hydrogen) atoms. The summed E-state index contributed by atoms with van der Waals surface area (Å²) < 4.78 is 6.90. The van der Waals surface area contributed by atoms with Gasteiger partial charge in [-0.25, -0.2) is 0 Å². The Morgan fingerprint density at radius 3 is 2.75 bits per heavy atom. The van der Waals surface area contributed by atoms with Crippen molar-refractivity contribution in [2.24, 2.45) is 0 Å². The molecular formula is C16H23BrN2O. The van der Waals surface area contributed by atoms with Gasteiger partial charge >= 0.3 is 0 Å². The van der Waals surface area contributed by atoms with Gasteiger partial charge in [-0.05, 0) is 50.9 Å². The molecule has 2 bridgehead atoms. The highest BCUT2D eigenvalue weighted by atomic mass is 79.9. The van der Waals surface area contributed by atoms with Crippen LogP contribution in [0, 0.1) is 0 Å². The van der Waals surface area contributed by atoms with Gasteiger partial charge in [-0.2, -0.15) is 0 Å². The van der Waals surface area contributed by atoms with E-state index in [1.54, 1.807) is 0 Å². The van der Waals surface area contributed by atoms with E-state index in [0.717, 1.165) is 41.5 Å². The largest absolute Gasteiger partial charge is 0.492 e. The third kappa shape index (κ3) is 3.54. The molecule has 2 atom stereocenters. The van der Waals surface area contributed by atoms with Crippen molar-refractivity contribution in [2.45, 2.75) is 43.8 Å². The van der Waals surface area contributed by atoms with Crippen LogP contribution in [0.4, 0.5) is 0 Å². The third-order valence-electron chi connectivity index (χ3n) is 4.58. The molecule has 2 heterocycles. The average Bonchev–Trinajstić information content (AvgIpc) is 2.77. The molecule has 110 valence electrons. The summed E-state index contributed by atoms with van der Waals surface area (Å²) in [5.41, 5.74) is 0. The first-order valence-corrected chi connectivity index (χ1v) is 8.34. The highest BCUT2D eigenvalue weighted by molar-refractivity contribution is 9.10. The standard InChI is InChI=1S/C16H23BrN2O/c1-19(15-10-13-5-6-14(11-15)18-13)7-8-20-16-4-2-3-12(17)9-16/h2-4,9,13-15,18H,5-8,10-11H2,1H3. The zero-order valence-corrected chi connectivity index (χ0v) is 13.6. The maximum Gasteiger partial charge on any atom is 0.120 e. The Morgan fingerprint density at radius 2 is 2.05 bits per heavy atom. The van der Waals surface area contributed by atoms with Gasteiger partial charge in [0.1, 0.15) is 12.4 Å². The van der Waals surface area contributed by atoms with Gasteiger partial charge in [0.05, 0.1) is 0 Å². The lowest BCUT2D eigenvalue weighted by molar-refractivity contribution is 0.147. The lowest BCUT2D eigenvalue weighted by Gasteiger charge is -2.35. The van der Waals surface area contributed by atoms with Gasteiger partial charge in [0.2, 0.25) is 0 Å². The number of ether oxygens (including phenoxy) is 1. The Bertz CT molecular complexity index is 442. The van der Waals surface area contributed by atoms with E-state index < -0.39 is 0 Å². The van der Waals surface area contributed by atoms with Crippen LogP contribution in [0.2, 0.25) is 0 Å². The number of nitrogens with zero attached hydrogens (tertiary/aromatic N) is 1. The SMILES string of the molecule is CN(CCOc1cccc(Br)c1)C1CC2CCC(C1)N2. The summed E-state index contributed by atoms with van der Waals surface area (Å²) in [5.74, 6) is 0.943.